The highest BCUT2D eigenvalue weighted by atomic mass is 19.4. The van der Waals surface area contributed by atoms with Crippen LogP contribution in [0.15, 0.2) is 66.7 Å². The van der Waals surface area contributed by atoms with E-state index in [2.05, 4.69) is 16.0 Å². The molecule has 226 valence electrons. The molecule has 0 radical (unpaired) electrons. The number of alkyl halides is 3. The first-order valence-electron chi connectivity index (χ1n) is 14.0. The molecule has 3 N–H and O–H groups in total. The predicted octanol–water partition coefficient (Wildman–Crippen LogP) is 5.87. The Morgan fingerprint density at radius 3 is 2.19 bits per heavy atom. The number of rotatable bonds is 7. The summed E-state index contributed by atoms with van der Waals surface area (Å²) in [5, 5.41) is 8.28. The maximum Gasteiger partial charge on any atom is 0.416 e. The summed E-state index contributed by atoms with van der Waals surface area (Å²) in [7, 11) is 0. The molecule has 1 saturated heterocycles. The molecule has 8 nitrogen and oxygen atoms in total. The van der Waals surface area contributed by atoms with Crippen LogP contribution in [0.4, 0.5) is 39.4 Å². The summed E-state index contributed by atoms with van der Waals surface area (Å²) >= 11 is 0. The molecular weight excluding hydrogens is 566 g/mol. The Morgan fingerprint density at radius 1 is 0.837 bits per heavy atom. The highest BCUT2D eigenvalue weighted by Crippen LogP contribution is 2.32. The average Bonchev–Trinajstić information content (AvgIpc) is 2.95. The molecule has 5 rings (SSSR count). The van der Waals surface area contributed by atoms with Crippen LogP contribution in [0, 0.1) is 11.7 Å². The van der Waals surface area contributed by atoms with Crippen molar-refractivity contribution in [2.75, 3.05) is 41.7 Å². The quantitative estimate of drug-likeness (QED) is 0.297. The molecule has 12 heteroatoms. The standard InChI is InChI=1S/C31H31F4N5O3/c32-23-9-7-20(8-10-23)19-36-29(42)26-18-25(37-28(41)21-3-1-4-21)11-12-27(26)39-13-15-40(16-14-39)30(43)38-24-6-2-5-22(17-24)31(33,34)35/h2,5-12,17-18,21H,1,3-4,13-16,19H2,(H,36,42)(H,37,41)(H,38,43). The number of urea groups is 1. The first-order valence-corrected chi connectivity index (χ1v) is 14.0. The highest BCUT2D eigenvalue weighted by molar-refractivity contribution is 6.02. The molecule has 0 unspecified atom stereocenters. The molecule has 3 aromatic rings. The molecule has 0 aromatic heterocycles. The van der Waals surface area contributed by atoms with Crippen LogP contribution < -0.4 is 20.9 Å². The zero-order valence-electron chi connectivity index (χ0n) is 23.2. The van der Waals surface area contributed by atoms with E-state index in [0.29, 0.717) is 35.6 Å². The maximum absolute atomic E-state index is 13.4. The van der Waals surface area contributed by atoms with Gasteiger partial charge in [-0.25, -0.2) is 9.18 Å². The summed E-state index contributed by atoms with van der Waals surface area (Å²) in [6.45, 7) is 1.42. The number of amides is 4. The Morgan fingerprint density at radius 2 is 1.53 bits per heavy atom. The summed E-state index contributed by atoms with van der Waals surface area (Å²) in [6.07, 6.45) is -1.84. The lowest BCUT2D eigenvalue weighted by Gasteiger charge is -2.37. The summed E-state index contributed by atoms with van der Waals surface area (Å²) in [4.78, 5) is 42.2. The van der Waals surface area contributed by atoms with Crippen molar-refractivity contribution in [3.8, 4) is 0 Å². The normalized spacial score (nSPS) is 15.4. The fourth-order valence-corrected chi connectivity index (χ4v) is 4.99. The topological polar surface area (TPSA) is 93.8 Å². The highest BCUT2D eigenvalue weighted by Gasteiger charge is 2.31. The van der Waals surface area contributed by atoms with Crippen LogP contribution in [0.5, 0.6) is 0 Å². The third-order valence-corrected chi connectivity index (χ3v) is 7.70. The van der Waals surface area contributed by atoms with Gasteiger partial charge in [-0.3, -0.25) is 9.59 Å². The molecule has 2 aliphatic rings. The third kappa shape index (κ3) is 7.43. The van der Waals surface area contributed by atoms with Crippen LogP contribution in [-0.2, 0) is 17.5 Å². The van der Waals surface area contributed by atoms with Gasteiger partial charge in [0.1, 0.15) is 5.82 Å². The Labute approximate surface area is 246 Å². The maximum atomic E-state index is 13.4. The summed E-state index contributed by atoms with van der Waals surface area (Å²) in [6, 6.07) is 14.8. The average molecular weight is 598 g/mol. The number of halogens is 4. The summed E-state index contributed by atoms with van der Waals surface area (Å²) < 4.78 is 52.5. The van der Waals surface area contributed by atoms with Crippen LogP contribution >= 0.6 is 0 Å². The largest absolute Gasteiger partial charge is 0.416 e. The van der Waals surface area contributed by atoms with Crippen molar-refractivity contribution < 1.29 is 31.9 Å². The van der Waals surface area contributed by atoms with E-state index in [-0.39, 0.29) is 48.9 Å². The fourth-order valence-electron chi connectivity index (χ4n) is 4.99. The summed E-state index contributed by atoms with van der Waals surface area (Å²) in [5.41, 5.74) is 1.33. The lowest BCUT2D eigenvalue weighted by atomic mass is 9.85. The van der Waals surface area contributed by atoms with Gasteiger partial charge in [-0.15, -0.1) is 0 Å². The monoisotopic (exact) mass is 597 g/mol. The minimum atomic E-state index is -4.52. The lowest BCUT2D eigenvalue weighted by molar-refractivity contribution is -0.137. The van der Waals surface area contributed by atoms with Gasteiger partial charge in [0.15, 0.2) is 0 Å². The van der Waals surface area contributed by atoms with Gasteiger partial charge >= 0.3 is 12.2 Å². The second-order valence-electron chi connectivity index (χ2n) is 10.6. The van der Waals surface area contributed by atoms with Gasteiger partial charge in [0.25, 0.3) is 5.91 Å². The number of hydrogen-bond acceptors (Lipinski definition) is 4. The Bertz CT molecular complexity index is 1480. The number of piperazine rings is 1. The molecular formula is C31H31F4N5O3. The van der Waals surface area contributed by atoms with Gasteiger partial charge in [0.2, 0.25) is 5.91 Å². The number of hydrogen-bond donors (Lipinski definition) is 3. The molecule has 2 fully saturated rings. The van der Waals surface area contributed by atoms with Gasteiger partial charge in [0.05, 0.1) is 11.1 Å². The van der Waals surface area contributed by atoms with Gasteiger partial charge in [-0.05, 0) is 66.9 Å². The van der Waals surface area contributed by atoms with Gasteiger partial charge in [-0.2, -0.15) is 13.2 Å². The van der Waals surface area contributed by atoms with E-state index in [1.54, 1.807) is 30.3 Å². The number of carbonyl (C=O) groups is 3. The van der Waals surface area contributed by atoms with Crippen LogP contribution in [0.2, 0.25) is 0 Å². The SMILES string of the molecule is O=C(NCc1ccc(F)cc1)c1cc(NC(=O)C2CCC2)ccc1N1CCN(C(=O)Nc2cccc(C(F)(F)F)c2)CC1. The molecule has 1 heterocycles. The number of benzene rings is 3. The zero-order valence-corrected chi connectivity index (χ0v) is 23.2. The molecule has 1 aliphatic heterocycles. The van der Waals surface area contributed by atoms with Crippen LogP contribution in [0.3, 0.4) is 0 Å². The van der Waals surface area contributed by atoms with Crippen molar-refractivity contribution in [1.29, 1.82) is 0 Å². The second-order valence-corrected chi connectivity index (χ2v) is 10.6. The molecule has 0 atom stereocenters. The molecule has 1 saturated carbocycles. The Balaban J connectivity index is 1.27. The van der Waals surface area contributed by atoms with Crippen molar-refractivity contribution in [2.24, 2.45) is 5.92 Å². The number of carbonyl (C=O) groups excluding carboxylic acids is 3. The number of nitrogens with zero attached hydrogens (tertiary/aromatic N) is 2. The third-order valence-electron chi connectivity index (χ3n) is 7.70. The van der Waals surface area contributed by atoms with Gasteiger partial charge < -0.3 is 25.8 Å². The molecule has 0 bridgehead atoms. The minimum absolute atomic E-state index is 0.0365. The van der Waals surface area contributed by atoms with Crippen LogP contribution in [-0.4, -0.2) is 48.9 Å². The Kier molecular flexibility index (Phi) is 8.84. The van der Waals surface area contributed by atoms with Crippen molar-refractivity contribution in [1.82, 2.24) is 10.2 Å². The van der Waals surface area contributed by atoms with Gasteiger partial charge in [0, 0.05) is 55.7 Å². The van der Waals surface area contributed by atoms with E-state index in [1.807, 2.05) is 4.90 Å². The minimum Gasteiger partial charge on any atom is -0.367 e. The molecule has 3 aromatic carbocycles. The molecule has 1 aliphatic carbocycles. The van der Waals surface area contributed by atoms with Gasteiger partial charge in [-0.1, -0.05) is 24.6 Å². The van der Waals surface area contributed by atoms with E-state index in [4.69, 9.17) is 0 Å². The van der Waals surface area contributed by atoms with Crippen molar-refractivity contribution in [3.05, 3.63) is 89.2 Å². The van der Waals surface area contributed by atoms with Crippen LogP contribution in [0.25, 0.3) is 0 Å². The molecule has 4 amide bonds. The van der Waals surface area contributed by atoms with Crippen molar-refractivity contribution >= 4 is 34.9 Å². The predicted molar refractivity (Wildman–Crippen MR) is 154 cm³/mol. The first kappa shape index (κ1) is 29.9. The van der Waals surface area contributed by atoms with E-state index in [9.17, 15) is 31.9 Å². The van der Waals surface area contributed by atoms with Crippen molar-refractivity contribution in [2.45, 2.75) is 32.0 Å². The molecule has 0 spiro atoms. The van der Waals surface area contributed by atoms with E-state index < -0.39 is 17.8 Å². The Hall–Kier alpha value is -4.61. The fraction of sp³-hybridized carbons (Fsp3) is 0.323. The van der Waals surface area contributed by atoms with E-state index >= 15 is 0 Å². The van der Waals surface area contributed by atoms with E-state index in [1.165, 1.54) is 29.2 Å². The summed E-state index contributed by atoms with van der Waals surface area (Å²) in [5.74, 6) is -0.888. The first-order chi connectivity index (χ1) is 20.6. The van der Waals surface area contributed by atoms with Crippen LogP contribution in [0.1, 0.15) is 40.7 Å². The smallest absolute Gasteiger partial charge is 0.367 e. The van der Waals surface area contributed by atoms with Crippen molar-refractivity contribution in [3.63, 3.8) is 0 Å². The molecule has 43 heavy (non-hydrogen) atoms. The lowest BCUT2D eigenvalue weighted by Crippen LogP contribution is -2.50. The second kappa shape index (κ2) is 12.7. The number of anilines is 3. The zero-order chi connectivity index (χ0) is 30.6. The van der Waals surface area contributed by atoms with E-state index in [0.717, 1.165) is 31.4 Å². The number of nitrogens with one attached hydrogen (secondary N) is 3.